The van der Waals surface area contributed by atoms with Crippen molar-refractivity contribution >= 4 is 5.69 Å². The third kappa shape index (κ3) is 3.11. The zero-order valence-electron chi connectivity index (χ0n) is 11.9. The van der Waals surface area contributed by atoms with E-state index in [1.165, 1.54) is 5.56 Å². The largest absolute Gasteiger partial charge is 0.399 e. The highest BCUT2D eigenvalue weighted by molar-refractivity contribution is 5.58. The molecule has 0 aliphatic heterocycles. The average molecular weight is 279 g/mol. The van der Waals surface area contributed by atoms with Gasteiger partial charge in [0.15, 0.2) is 0 Å². The molecule has 0 atom stereocenters. The van der Waals surface area contributed by atoms with E-state index in [1.807, 2.05) is 55.5 Å². The number of hydrogen-bond donors (Lipinski definition) is 1. The van der Waals surface area contributed by atoms with E-state index in [0.717, 1.165) is 29.7 Å². The van der Waals surface area contributed by atoms with Crippen LogP contribution in [0.3, 0.4) is 0 Å². The Hall–Kier alpha value is -2.62. The molecule has 0 saturated carbocycles. The van der Waals surface area contributed by atoms with Gasteiger partial charge in [-0.15, -0.1) is 0 Å². The van der Waals surface area contributed by atoms with Gasteiger partial charge in [0.25, 0.3) is 0 Å². The summed E-state index contributed by atoms with van der Waals surface area (Å²) in [7, 11) is 0. The van der Waals surface area contributed by atoms with E-state index in [9.17, 15) is 0 Å². The fourth-order valence-corrected chi connectivity index (χ4v) is 2.23. The minimum atomic E-state index is 0.653. The lowest BCUT2D eigenvalue weighted by molar-refractivity contribution is 0.379. The molecule has 4 nitrogen and oxygen atoms in total. The van der Waals surface area contributed by atoms with E-state index in [1.54, 1.807) is 0 Å². The van der Waals surface area contributed by atoms with Gasteiger partial charge in [-0.25, -0.2) is 0 Å². The van der Waals surface area contributed by atoms with E-state index in [0.29, 0.717) is 11.7 Å². The molecule has 0 fully saturated rings. The average Bonchev–Trinajstić information content (AvgIpc) is 2.96. The van der Waals surface area contributed by atoms with Gasteiger partial charge in [0, 0.05) is 17.7 Å². The number of aromatic nitrogens is 2. The quantitative estimate of drug-likeness (QED) is 0.743. The van der Waals surface area contributed by atoms with Crippen LogP contribution in [0.4, 0.5) is 5.69 Å². The molecular weight excluding hydrogens is 262 g/mol. The van der Waals surface area contributed by atoms with Gasteiger partial charge in [-0.3, -0.25) is 0 Å². The first kappa shape index (κ1) is 13.4. The molecule has 1 aromatic heterocycles. The van der Waals surface area contributed by atoms with Crippen molar-refractivity contribution in [1.29, 1.82) is 0 Å². The fraction of sp³-hybridized carbons (Fsp3) is 0.176. The molecule has 0 aliphatic carbocycles. The Balaban J connectivity index is 1.71. The molecule has 0 radical (unpaired) electrons. The smallest absolute Gasteiger partial charge is 0.227 e. The van der Waals surface area contributed by atoms with E-state index in [4.69, 9.17) is 10.3 Å². The highest BCUT2D eigenvalue weighted by Gasteiger charge is 2.10. The lowest BCUT2D eigenvalue weighted by Gasteiger charge is -1.99. The Morgan fingerprint density at radius 1 is 1.00 bits per heavy atom. The lowest BCUT2D eigenvalue weighted by Crippen LogP contribution is -1.93. The summed E-state index contributed by atoms with van der Waals surface area (Å²) >= 11 is 0. The topological polar surface area (TPSA) is 64.9 Å². The standard InChI is InChI=1S/C17H17N3O/c1-12-4-2-3-5-15(12)17-19-16(21-20-17)11-8-13-6-9-14(18)10-7-13/h2-7,9-10H,8,11,18H2,1H3. The van der Waals surface area contributed by atoms with Gasteiger partial charge in [-0.2, -0.15) is 4.98 Å². The molecule has 0 bridgehead atoms. The summed E-state index contributed by atoms with van der Waals surface area (Å²) in [5.41, 5.74) is 9.82. The van der Waals surface area contributed by atoms with Crippen LogP contribution in [0.2, 0.25) is 0 Å². The third-order valence-electron chi connectivity index (χ3n) is 3.46. The van der Waals surface area contributed by atoms with Gasteiger partial charge < -0.3 is 10.3 Å². The Bertz CT molecular complexity index is 732. The van der Waals surface area contributed by atoms with Crippen molar-refractivity contribution in [3.05, 3.63) is 65.5 Å². The zero-order valence-corrected chi connectivity index (χ0v) is 11.9. The number of aryl methyl sites for hydroxylation is 3. The highest BCUT2D eigenvalue weighted by atomic mass is 16.5. The van der Waals surface area contributed by atoms with E-state index >= 15 is 0 Å². The second-order valence-corrected chi connectivity index (χ2v) is 5.07. The monoisotopic (exact) mass is 279 g/mol. The van der Waals surface area contributed by atoms with Gasteiger partial charge in [-0.05, 0) is 36.6 Å². The molecule has 21 heavy (non-hydrogen) atoms. The molecule has 106 valence electrons. The lowest BCUT2D eigenvalue weighted by atomic mass is 10.1. The van der Waals surface area contributed by atoms with Crippen molar-refractivity contribution < 1.29 is 4.52 Å². The Labute approximate surface area is 123 Å². The van der Waals surface area contributed by atoms with Gasteiger partial charge in [0.05, 0.1) is 0 Å². The minimum Gasteiger partial charge on any atom is -0.399 e. The van der Waals surface area contributed by atoms with Crippen LogP contribution < -0.4 is 5.73 Å². The van der Waals surface area contributed by atoms with Crippen molar-refractivity contribution in [3.63, 3.8) is 0 Å². The van der Waals surface area contributed by atoms with Crippen LogP contribution in [0.1, 0.15) is 17.0 Å². The molecule has 2 N–H and O–H groups in total. The highest BCUT2D eigenvalue weighted by Crippen LogP contribution is 2.20. The second-order valence-electron chi connectivity index (χ2n) is 5.07. The Morgan fingerprint density at radius 2 is 1.76 bits per heavy atom. The van der Waals surface area contributed by atoms with Crippen molar-refractivity contribution in [3.8, 4) is 11.4 Å². The summed E-state index contributed by atoms with van der Waals surface area (Å²) in [6.07, 6.45) is 1.58. The van der Waals surface area contributed by atoms with E-state index in [2.05, 4.69) is 10.1 Å². The molecule has 3 aromatic rings. The van der Waals surface area contributed by atoms with Crippen molar-refractivity contribution in [2.24, 2.45) is 0 Å². The predicted molar refractivity (Wildman–Crippen MR) is 82.7 cm³/mol. The van der Waals surface area contributed by atoms with E-state index in [-0.39, 0.29) is 0 Å². The molecule has 0 spiro atoms. The molecule has 0 amide bonds. The first-order chi connectivity index (χ1) is 10.2. The van der Waals surface area contributed by atoms with Crippen molar-refractivity contribution in [2.45, 2.75) is 19.8 Å². The predicted octanol–water partition coefficient (Wildman–Crippen LogP) is 3.41. The number of rotatable bonds is 4. The number of nitrogens with two attached hydrogens (primary N) is 1. The fourth-order valence-electron chi connectivity index (χ4n) is 2.23. The number of nitrogen functional groups attached to an aromatic ring is 1. The summed E-state index contributed by atoms with van der Waals surface area (Å²) in [5.74, 6) is 1.31. The first-order valence-electron chi connectivity index (χ1n) is 6.95. The molecule has 2 aromatic carbocycles. The number of benzene rings is 2. The minimum absolute atomic E-state index is 0.653. The van der Waals surface area contributed by atoms with Gasteiger partial charge >= 0.3 is 0 Å². The van der Waals surface area contributed by atoms with Crippen LogP contribution in [0.25, 0.3) is 11.4 Å². The summed E-state index contributed by atoms with van der Waals surface area (Å²) in [4.78, 5) is 4.47. The molecule has 1 heterocycles. The Kier molecular flexibility index (Phi) is 3.69. The Morgan fingerprint density at radius 3 is 2.52 bits per heavy atom. The maximum atomic E-state index is 5.67. The normalized spacial score (nSPS) is 10.7. The first-order valence-corrected chi connectivity index (χ1v) is 6.95. The van der Waals surface area contributed by atoms with Gasteiger partial charge in [0.1, 0.15) is 0 Å². The second kappa shape index (κ2) is 5.79. The summed E-state index contributed by atoms with van der Waals surface area (Å²) in [5, 5.41) is 4.07. The summed E-state index contributed by atoms with van der Waals surface area (Å²) in [6, 6.07) is 15.9. The number of nitrogens with zero attached hydrogens (tertiary/aromatic N) is 2. The molecule has 0 unspecified atom stereocenters. The molecule has 3 rings (SSSR count). The molecule has 0 aliphatic rings. The van der Waals surface area contributed by atoms with Crippen molar-refractivity contribution in [2.75, 3.05) is 5.73 Å². The van der Waals surface area contributed by atoms with Crippen LogP contribution in [0.5, 0.6) is 0 Å². The third-order valence-corrected chi connectivity index (χ3v) is 3.46. The summed E-state index contributed by atoms with van der Waals surface area (Å²) < 4.78 is 5.33. The number of hydrogen-bond acceptors (Lipinski definition) is 4. The summed E-state index contributed by atoms with van der Waals surface area (Å²) in [6.45, 7) is 2.04. The molecule has 0 saturated heterocycles. The van der Waals surface area contributed by atoms with Gasteiger partial charge in [-0.1, -0.05) is 41.6 Å². The zero-order chi connectivity index (χ0) is 14.7. The van der Waals surface area contributed by atoms with Crippen LogP contribution >= 0.6 is 0 Å². The van der Waals surface area contributed by atoms with Crippen LogP contribution in [0.15, 0.2) is 53.1 Å². The maximum Gasteiger partial charge on any atom is 0.227 e. The SMILES string of the molecule is Cc1ccccc1-c1noc(CCc2ccc(N)cc2)n1. The van der Waals surface area contributed by atoms with Gasteiger partial charge in [0.2, 0.25) is 11.7 Å². The van der Waals surface area contributed by atoms with E-state index < -0.39 is 0 Å². The maximum absolute atomic E-state index is 5.67. The van der Waals surface area contributed by atoms with Crippen LogP contribution in [-0.2, 0) is 12.8 Å². The molecule has 4 heteroatoms. The number of anilines is 1. The van der Waals surface area contributed by atoms with Crippen LogP contribution in [-0.4, -0.2) is 10.1 Å². The van der Waals surface area contributed by atoms with Crippen molar-refractivity contribution in [1.82, 2.24) is 10.1 Å². The molecular formula is C17H17N3O. The van der Waals surface area contributed by atoms with Crippen LogP contribution in [0, 0.1) is 6.92 Å².